The predicted molar refractivity (Wildman–Crippen MR) is 77.1 cm³/mol. The molecule has 0 saturated carbocycles. The number of anilines is 1. The SMILES string of the molecule is O=[N+]([O-])c1ccccc1N1CCN(Cc2ccno2)CC1. The normalized spacial score (nSPS) is 16.1. The van der Waals surface area contributed by atoms with Crippen molar-refractivity contribution in [1.29, 1.82) is 0 Å². The Hall–Kier alpha value is -2.41. The van der Waals surface area contributed by atoms with Crippen molar-refractivity contribution in [2.45, 2.75) is 6.54 Å². The number of hydrogen-bond donors (Lipinski definition) is 0. The molecule has 0 unspecified atom stereocenters. The summed E-state index contributed by atoms with van der Waals surface area (Å²) in [7, 11) is 0. The van der Waals surface area contributed by atoms with Gasteiger partial charge in [0.05, 0.1) is 17.7 Å². The molecule has 21 heavy (non-hydrogen) atoms. The Balaban J connectivity index is 1.64. The summed E-state index contributed by atoms with van der Waals surface area (Å²) in [6.45, 7) is 3.93. The van der Waals surface area contributed by atoms with Gasteiger partial charge in [-0.15, -0.1) is 0 Å². The average Bonchev–Trinajstić information content (AvgIpc) is 3.01. The fourth-order valence-electron chi connectivity index (χ4n) is 2.58. The van der Waals surface area contributed by atoms with Crippen LogP contribution in [0.1, 0.15) is 5.76 Å². The van der Waals surface area contributed by atoms with Gasteiger partial charge in [0.25, 0.3) is 5.69 Å². The molecule has 0 atom stereocenters. The third-order valence-electron chi connectivity index (χ3n) is 3.66. The van der Waals surface area contributed by atoms with Gasteiger partial charge in [0.15, 0.2) is 5.76 Å². The first kappa shape index (κ1) is 13.6. The smallest absolute Gasteiger partial charge is 0.292 e. The van der Waals surface area contributed by atoms with Gasteiger partial charge < -0.3 is 9.42 Å². The maximum Gasteiger partial charge on any atom is 0.292 e. The zero-order valence-corrected chi connectivity index (χ0v) is 11.5. The van der Waals surface area contributed by atoms with Gasteiger partial charge in [-0.3, -0.25) is 15.0 Å². The van der Waals surface area contributed by atoms with E-state index in [2.05, 4.69) is 15.0 Å². The summed E-state index contributed by atoms with van der Waals surface area (Å²) < 4.78 is 5.10. The molecule has 1 aromatic carbocycles. The zero-order chi connectivity index (χ0) is 14.7. The third-order valence-corrected chi connectivity index (χ3v) is 3.66. The van der Waals surface area contributed by atoms with E-state index in [1.807, 2.05) is 18.2 Å². The Kier molecular flexibility index (Phi) is 3.83. The van der Waals surface area contributed by atoms with Crippen molar-refractivity contribution in [3.05, 3.63) is 52.4 Å². The van der Waals surface area contributed by atoms with Crippen LogP contribution in [0.5, 0.6) is 0 Å². The van der Waals surface area contributed by atoms with E-state index >= 15 is 0 Å². The van der Waals surface area contributed by atoms with Crippen LogP contribution in [0.25, 0.3) is 0 Å². The average molecular weight is 288 g/mol. The maximum atomic E-state index is 11.1. The number of nitrogens with zero attached hydrogens (tertiary/aromatic N) is 4. The molecule has 0 bridgehead atoms. The summed E-state index contributed by atoms with van der Waals surface area (Å²) in [5, 5.41) is 14.8. The molecule has 0 amide bonds. The molecular weight excluding hydrogens is 272 g/mol. The summed E-state index contributed by atoms with van der Waals surface area (Å²) in [5.74, 6) is 0.842. The van der Waals surface area contributed by atoms with Crippen LogP contribution in [-0.2, 0) is 6.54 Å². The van der Waals surface area contributed by atoms with E-state index in [1.165, 1.54) is 0 Å². The van der Waals surface area contributed by atoms with Gasteiger partial charge in [0.1, 0.15) is 5.69 Å². The predicted octanol–water partition coefficient (Wildman–Crippen LogP) is 1.90. The number of para-hydroxylation sites is 2. The van der Waals surface area contributed by atoms with Crippen LogP contribution in [0.15, 0.2) is 41.1 Å². The van der Waals surface area contributed by atoms with Crippen LogP contribution in [0, 0.1) is 10.1 Å². The summed E-state index contributed by atoms with van der Waals surface area (Å²) in [6.07, 6.45) is 1.64. The first-order valence-corrected chi connectivity index (χ1v) is 6.84. The minimum atomic E-state index is -0.323. The Bertz CT molecular complexity index is 606. The number of benzene rings is 1. The fraction of sp³-hybridized carbons (Fsp3) is 0.357. The van der Waals surface area contributed by atoms with Crippen LogP contribution >= 0.6 is 0 Å². The molecule has 1 aromatic heterocycles. The van der Waals surface area contributed by atoms with Gasteiger partial charge in [-0.1, -0.05) is 17.3 Å². The molecule has 7 nitrogen and oxygen atoms in total. The van der Waals surface area contributed by atoms with E-state index in [4.69, 9.17) is 4.52 Å². The molecule has 0 aliphatic carbocycles. The highest BCUT2D eigenvalue weighted by Crippen LogP contribution is 2.28. The number of nitro benzene ring substituents is 1. The topological polar surface area (TPSA) is 75.7 Å². The van der Waals surface area contributed by atoms with E-state index in [0.717, 1.165) is 38.5 Å². The van der Waals surface area contributed by atoms with Gasteiger partial charge in [-0.25, -0.2) is 0 Å². The second kappa shape index (κ2) is 5.92. The maximum absolute atomic E-state index is 11.1. The molecule has 1 fully saturated rings. The molecule has 1 saturated heterocycles. The summed E-state index contributed by atoms with van der Waals surface area (Å²) in [6, 6.07) is 8.75. The monoisotopic (exact) mass is 288 g/mol. The van der Waals surface area contributed by atoms with Crippen molar-refractivity contribution in [1.82, 2.24) is 10.1 Å². The van der Waals surface area contributed by atoms with Gasteiger partial charge in [0, 0.05) is 38.3 Å². The Morgan fingerprint density at radius 3 is 2.62 bits per heavy atom. The third kappa shape index (κ3) is 3.03. The van der Waals surface area contributed by atoms with Crippen LogP contribution in [0.2, 0.25) is 0 Å². The van der Waals surface area contributed by atoms with Crippen LogP contribution in [-0.4, -0.2) is 41.2 Å². The second-order valence-corrected chi connectivity index (χ2v) is 4.99. The van der Waals surface area contributed by atoms with E-state index in [1.54, 1.807) is 18.3 Å². The molecule has 1 aliphatic heterocycles. The highest BCUT2D eigenvalue weighted by molar-refractivity contribution is 5.63. The van der Waals surface area contributed by atoms with Crippen molar-refractivity contribution in [3.8, 4) is 0 Å². The lowest BCUT2D eigenvalue weighted by Crippen LogP contribution is -2.46. The highest BCUT2D eigenvalue weighted by Gasteiger charge is 2.23. The summed E-state index contributed by atoms with van der Waals surface area (Å²) >= 11 is 0. The van der Waals surface area contributed by atoms with Crippen molar-refractivity contribution < 1.29 is 9.45 Å². The molecule has 2 aromatic rings. The standard InChI is InChI=1S/C14H16N4O3/c19-18(20)14-4-2-1-3-13(14)17-9-7-16(8-10-17)11-12-5-6-15-21-12/h1-6H,7-11H2. The summed E-state index contributed by atoms with van der Waals surface area (Å²) in [4.78, 5) is 15.1. The fourth-order valence-corrected chi connectivity index (χ4v) is 2.58. The lowest BCUT2D eigenvalue weighted by Gasteiger charge is -2.35. The van der Waals surface area contributed by atoms with Gasteiger partial charge >= 0.3 is 0 Å². The van der Waals surface area contributed by atoms with Crippen LogP contribution < -0.4 is 4.90 Å². The van der Waals surface area contributed by atoms with E-state index < -0.39 is 0 Å². The minimum Gasteiger partial charge on any atom is -0.363 e. The molecule has 3 rings (SSSR count). The first-order valence-electron chi connectivity index (χ1n) is 6.84. The number of nitro groups is 1. The quantitative estimate of drug-likeness (QED) is 0.632. The molecule has 2 heterocycles. The first-order chi connectivity index (χ1) is 10.2. The van der Waals surface area contributed by atoms with Crippen LogP contribution in [0.4, 0.5) is 11.4 Å². The van der Waals surface area contributed by atoms with Gasteiger partial charge in [-0.05, 0) is 6.07 Å². The Morgan fingerprint density at radius 2 is 1.95 bits per heavy atom. The number of rotatable bonds is 4. The zero-order valence-electron chi connectivity index (χ0n) is 11.5. The number of piperazine rings is 1. The molecular formula is C14H16N4O3. The minimum absolute atomic E-state index is 0.168. The van der Waals surface area contributed by atoms with Crippen molar-refractivity contribution >= 4 is 11.4 Å². The number of hydrogen-bond acceptors (Lipinski definition) is 6. The molecule has 0 N–H and O–H groups in total. The van der Waals surface area contributed by atoms with Gasteiger partial charge in [0.2, 0.25) is 0 Å². The highest BCUT2D eigenvalue weighted by atomic mass is 16.6. The van der Waals surface area contributed by atoms with Crippen molar-refractivity contribution in [2.75, 3.05) is 31.1 Å². The van der Waals surface area contributed by atoms with Crippen LogP contribution in [0.3, 0.4) is 0 Å². The summed E-state index contributed by atoms with van der Waals surface area (Å²) in [5.41, 5.74) is 0.864. The molecule has 7 heteroatoms. The number of aromatic nitrogens is 1. The van der Waals surface area contributed by atoms with Crippen molar-refractivity contribution in [3.63, 3.8) is 0 Å². The molecule has 1 aliphatic rings. The van der Waals surface area contributed by atoms with E-state index in [9.17, 15) is 10.1 Å². The van der Waals surface area contributed by atoms with E-state index in [-0.39, 0.29) is 10.6 Å². The molecule has 0 radical (unpaired) electrons. The van der Waals surface area contributed by atoms with E-state index in [0.29, 0.717) is 5.69 Å². The lowest BCUT2D eigenvalue weighted by atomic mass is 10.2. The van der Waals surface area contributed by atoms with Gasteiger partial charge in [-0.2, -0.15) is 0 Å². The second-order valence-electron chi connectivity index (χ2n) is 4.99. The Morgan fingerprint density at radius 1 is 1.19 bits per heavy atom. The molecule has 110 valence electrons. The largest absolute Gasteiger partial charge is 0.363 e. The molecule has 0 spiro atoms. The Labute approximate surface area is 121 Å². The lowest BCUT2D eigenvalue weighted by molar-refractivity contribution is -0.384. The van der Waals surface area contributed by atoms with Crippen molar-refractivity contribution in [2.24, 2.45) is 0 Å².